The maximum absolute atomic E-state index is 11.3. The van der Waals surface area contributed by atoms with E-state index >= 15 is 0 Å². The molecule has 0 saturated carbocycles. The van der Waals surface area contributed by atoms with E-state index in [1.807, 2.05) is 34.6 Å². The quantitative estimate of drug-likeness (QED) is 0.640. The van der Waals surface area contributed by atoms with Gasteiger partial charge in [0.15, 0.2) is 0 Å². The smallest absolute Gasteiger partial charge is 0.219 e. The van der Waals surface area contributed by atoms with Crippen molar-refractivity contribution in [1.82, 2.24) is 5.32 Å². The fraction of sp³-hybridized carbons (Fsp3) is 0.867. The van der Waals surface area contributed by atoms with Gasteiger partial charge in [0, 0.05) is 25.3 Å². The summed E-state index contributed by atoms with van der Waals surface area (Å²) < 4.78 is 0. The monoisotopic (exact) mass is 257 g/mol. The summed E-state index contributed by atoms with van der Waals surface area (Å²) in [5, 5.41) is 2.87. The predicted octanol–water partition coefficient (Wildman–Crippen LogP) is 3.71. The Balaban J connectivity index is 0. The third-order valence-electron chi connectivity index (χ3n) is 2.54. The van der Waals surface area contributed by atoms with Crippen molar-refractivity contribution < 1.29 is 9.59 Å². The van der Waals surface area contributed by atoms with E-state index in [4.69, 9.17) is 0 Å². The van der Waals surface area contributed by atoms with Gasteiger partial charge in [-0.25, -0.2) is 0 Å². The average Bonchev–Trinajstić information content (AvgIpc) is 2.36. The molecule has 0 aromatic rings. The molecule has 0 radical (unpaired) electrons. The zero-order valence-electron chi connectivity index (χ0n) is 12.8. The van der Waals surface area contributed by atoms with Crippen LogP contribution in [0.5, 0.6) is 0 Å². The van der Waals surface area contributed by atoms with Crippen LogP contribution in [0.1, 0.15) is 73.1 Å². The van der Waals surface area contributed by atoms with E-state index in [0.29, 0.717) is 18.6 Å². The van der Waals surface area contributed by atoms with E-state index in [1.54, 1.807) is 0 Å². The number of hydrogen-bond acceptors (Lipinski definition) is 2. The van der Waals surface area contributed by atoms with Crippen LogP contribution in [0.15, 0.2) is 0 Å². The molecule has 0 fully saturated rings. The molecule has 0 heterocycles. The van der Waals surface area contributed by atoms with Crippen LogP contribution in [-0.4, -0.2) is 18.2 Å². The van der Waals surface area contributed by atoms with Gasteiger partial charge in [-0.15, -0.1) is 0 Å². The molecule has 0 rings (SSSR count). The van der Waals surface area contributed by atoms with E-state index in [9.17, 15) is 9.59 Å². The number of hydrogen-bond donors (Lipinski definition) is 1. The minimum absolute atomic E-state index is 0.140. The summed E-state index contributed by atoms with van der Waals surface area (Å²) in [5.74, 6) is 0.639. The van der Waals surface area contributed by atoms with Gasteiger partial charge in [-0.1, -0.05) is 41.0 Å². The Labute approximate surface area is 113 Å². The number of amides is 1. The van der Waals surface area contributed by atoms with Crippen LogP contribution in [0.3, 0.4) is 0 Å². The Morgan fingerprint density at radius 1 is 1.00 bits per heavy atom. The maximum atomic E-state index is 11.3. The third kappa shape index (κ3) is 13.2. The lowest BCUT2D eigenvalue weighted by Crippen LogP contribution is -2.23. The Hall–Kier alpha value is -0.860. The summed E-state index contributed by atoms with van der Waals surface area (Å²) in [6.07, 6.45) is 5.13. The third-order valence-corrected chi connectivity index (χ3v) is 2.54. The number of Topliss-reactive ketones (excluding diaryl/α,β-unsaturated/α-hetero) is 1. The van der Waals surface area contributed by atoms with Crippen molar-refractivity contribution in [2.45, 2.75) is 73.1 Å². The van der Waals surface area contributed by atoms with Crippen molar-refractivity contribution in [3.05, 3.63) is 0 Å². The zero-order chi connectivity index (χ0) is 14.4. The molecule has 0 spiro atoms. The number of nitrogens with one attached hydrogen (secondary N) is 1. The molecule has 0 aliphatic carbocycles. The number of unbranched alkanes of at least 4 members (excludes halogenated alkanes) is 2. The standard InChI is InChI=1S/C13H25NO2.C2H6/c1-4-8-13(16)14-10-7-5-6-9-12(15)11(2)3;1-2/h11H,4-10H2,1-3H3,(H,14,16);1-2H3. The Bertz CT molecular complexity index is 213. The molecule has 0 aliphatic rings. The fourth-order valence-electron chi connectivity index (χ4n) is 1.43. The molecule has 108 valence electrons. The molecule has 0 atom stereocenters. The molecular formula is C15H31NO2. The van der Waals surface area contributed by atoms with Gasteiger partial charge >= 0.3 is 0 Å². The van der Waals surface area contributed by atoms with Gasteiger partial charge in [0.25, 0.3) is 0 Å². The highest BCUT2D eigenvalue weighted by molar-refractivity contribution is 5.80. The van der Waals surface area contributed by atoms with Gasteiger partial charge in [-0.05, 0) is 19.3 Å². The topological polar surface area (TPSA) is 46.2 Å². The summed E-state index contributed by atoms with van der Waals surface area (Å²) in [5.41, 5.74) is 0. The molecule has 0 aliphatic heterocycles. The Morgan fingerprint density at radius 2 is 1.61 bits per heavy atom. The Kier molecular flexibility index (Phi) is 15.4. The average molecular weight is 257 g/mol. The van der Waals surface area contributed by atoms with Crippen molar-refractivity contribution >= 4 is 11.7 Å². The number of carbonyl (C=O) groups excluding carboxylic acids is 2. The fourth-order valence-corrected chi connectivity index (χ4v) is 1.43. The summed E-state index contributed by atoms with van der Waals surface area (Å²) in [7, 11) is 0. The highest BCUT2D eigenvalue weighted by atomic mass is 16.1. The van der Waals surface area contributed by atoms with Gasteiger partial charge in [-0.2, -0.15) is 0 Å². The second-order valence-corrected chi connectivity index (χ2v) is 4.53. The van der Waals surface area contributed by atoms with E-state index in [2.05, 4.69) is 5.32 Å². The predicted molar refractivity (Wildman–Crippen MR) is 77.6 cm³/mol. The molecule has 3 nitrogen and oxygen atoms in total. The molecule has 0 unspecified atom stereocenters. The van der Waals surface area contributed by atoms with Crippen molar-refractivity contribution in [3.8, 4) is 0 Å². The van der Waals surface area contributed by atoms with Crippen LogP contribution >= 0.6 is 0 Å². The molecule has 3 heteroatoms. The molecule has 18 heavy (non-hydrogen) atoms. The molecule has 0 saturated heterocycles. The van der Waals surface area contributed by atoms with Crippen LogP contribution in [0.4, 0.5) is 0 Å². The van der Waals surface area contributed by atoms with Crippen molar-refractivity contribution in [1.29, 1.82) is 0 Å². The highest BCUT2D eigenvalue weighted by Crippen LogP contribution is 2.05. The molecule has 1 amide bonds. The highest BCUT2D eigenvalue weighted by Gasteiger charge is 2.05. The maximum Gasteiger partial charge on any atom is 0.219 e. The van der Waals surface area contributed by atoms with Crippen LogP contribution in [-0.2, 0) is 9.59 Å². The van der Waals surface area contributed by atoms with Crippen molar-refractivity contribution in [3.63, 3.8) is 0 Å². The number of carbonyl (C=O) groups is 2. The van der Waals surface area contributed by atoms with Crippen molar-refractivity contribution in [2.75, 3.05) is 6.54 Å². The number of ketones is 1. The molecule has 0 aromatic heterocycles. The lowest BCUT2D eigenvalue weighted by Gasteiger charge is -2.05. The molecule has 0 bridgehead atoms. The van der Waals surface area contributed by atoms with E-state index in [-0.39, 0.29) is 11.8 Å². The first-order valence-electron chi connectivity index (χ1n) is 7.37. The van der Waals surface area contributed by atoms with Gasteiger partial charge in [0.2, 0.25) is 5.91 Å². The first-order valence-corrected chi connectivity index (χ1v) is 7.37. The first-order chi connectivity index (χ1) is 8.57. The molecule has 0 aromatic carbocycles. The van der Waals surface area contributed by atoms with Crippen LogP contribution in [0, 0.1) is 5.92 Å². The summed E-state index contributed by atoms with van der Waals surface area (Å²) in [6.45, 7) is 10.6. The second-order valence-electron chi connectivity index (χ2n) is 4.53. The SMILES string of the molecule is CC.CCCC(=O)NCCCCCC(=O)C(C)C. The minimum atomic E-state index is 0.140. The van der Waals surface area contributed by atoms with E-state index in [1.165, 1.54) is 0 Å². The van der Waals surface area contributed by atoms with Gasteiger partial charge in [0.1, 0.15) is 5.78 Å². The Morgan fingerprint density at radius 3 is 2.11 bits per heavy atom. The zero-order valence-corrected chi connectivity index (χ0v) is 12.8. The normalized spacial score (nSPS) is 9.67. The van der Waals surface area contributed by atoms with Crippen LogP contribution in [0.25, 0.3) is 0 Å². The lowest BCUT2D eigenvalue weighted by molar-refractivity contribution is -0.122. The molecular weight excluding hydrogens is 226 g/mol. The number of rotatable bonds is 9. The van der Waals surface area contributed by atoms with Crippen molar-refractivity contribution in [2.24, 2.45) is 5.92 Å². The van der Waals surface area contributed by atoms with Crippen LogP contribution in [0.2, 0.25) is 0 Å². The molecule has 1 N–H and O–H groups in total. The first kappa shape index (κ1) is 19.5. The second kappa shape index (κ2) is 14.2. The summed E-state index contributed by atoms with van der Waals surface area (Å²) in [6, 6.07) is 0. The minimum Gasteiger partial charge on any atom is -0.356 e. The van der Waals surface area contributed by atoms with Gasteiger partial charge in [0.05, 0.1) is 0 Å². The van der Waals surface area contributed by atoms with Gasteiger partial charge < -0.3 is 5.32 Å². The van der Waals surface area contributed by atoms with E-state index in [0.717, 1.165) is 32.2 Å². The van der Waals surface area contributed by atoms with Gasteiger partial charge in [-0.3, -0.25) is 9.59 Å². The summed E-state index contributed by atoms with van der Waals surface area (Å²) in [4.78, 5) is 22.4. The summed E-state index contributed by atoms with van der Waals surface area (Å²) >= 11 is 0. The van der Waals surface area contributed by atoms with E-state index < -0.39 is 0 Å². The largest absolute Gasteiger partial charge is 0.356 e. The van der Waals surface area contributed by atoms with Crippen LogP contribution < -0.4 is 5.32 Å². The lowest BCUT2D eigenvalue weighted by atomic mass is 10.0.